The van der Waals surface area contributed by atoms with E-state index in [1.165, 1.54) is 18.1 Å². The van der Waals surface area contributed by atoms with Gasteiger partial charge in [0.2, 0.25) is 5.91 Å². The number of aryl methyl sites for hydroxylation is 1. The highest BCUT2D eigenvalue weighted by molar-refractivity contribution is 7.92. The summed E-state index contributed by atoms with van der Waals surface area (Å²) in [5.74, 6) is 1.05. The van der Waals surface area contributed by atoms with Crippen molar-refractivity contribution in [2.45, 2.75) is 25.7 Å². The Balaban J connectivity index is 1.93. The summed E-state index contributed by atoms with van der Waals surface area (Å²) in [5, 5.41) is 0. The van der Waals surface area contributed by atoms with E-state index in [2.05, 4.69) is 4.72 Å². The van der Waals surface area contributed by atoms with Crippen LogP contribution in [0.5, 0.6) is 11.5 Å². The molecule has 3 rings (SSSR count). The lowest BCUT2D eigenvalue weighted by Gasteiger charge is -2.24. The van der Waals surface area contributed by atoms with Crippen LogP contribution in [0.3, 0.4) is 0 Å². The maximum Gasteiger partial charge on any atom is 0.261 e. The average molecular weight is 404 g/mol. The number of methoxy groups -OCH3 is 1. The summed E-state index contributed by atoms with van der Waals surface area (Å²) in [6.07, 6.45) is 0. The number of benzene rings is 2. The van der Waals surface area contributed by atoms with Gasteiger partial charge in [0.05, 0.1) is 28.8 Å². The lowest BCUT2D eigenvalue weighted by Crippen LogP contribution is -2.39. The Labute approximate surface area is 165 Å². The summed E-state index contributed by atoms with van der Waals surface area (Å²) in [7, 11) is -0.611. The van der Waals surface area contributed by atoms with Gasteiger partial charge >= 0.3 is 0 Å². The number of carbonyl (C=O) groups excluding carboxylic acids is 1. The van der Waals surface area contributed by atoms with Gasteiger partial charge in [-0.25, -0.2) is 8.42 Å². The van der Waals surface area contributed by atoms with Gasteiger partial charge < -0.3 is 14.4 Å². The van der Waals surface area contributed by atoms with Gasteiger partial charge in [-0.15, -0.1) is 0 Å². The summed E-state index contributed by atoms with van der Waals surface area (Å²) in [6, 6.07) is 9.53. The molecule has 0 radical (unpaired) electrons. The number of hydrogen-bond acceptors (Lipinski definition) is 5. The summed E-state index contributed by atoms with van der Waals surface area (Å²) >= 11 is 0. The van der Waals surface area contributed by atoms with Gasteiger partial charge in [0.15, 0.2) is 0 Å². The summed E-state index contributed by atoms with van der Waals surface area (Å²) in [4.78, 5) is 14.3. The molecule has 0 bridgehead atoms. The minimum absolute atomic E-state index is 0.1000. The van der Waals surface area contributed by atoms with Gasteiger partial charge in [-0.1, -0.05) is 0 Å². The Morgan fingerprint density at radius 3 is 2.54 bits per heavy atom. The largest absolute Gasteiger partial charge is 0.496 e. The van der Waals surface area contributed by atoms with Crippen molar-refractivity contribution < 1.29 is 22.7 Å². The molecule has 1 N–H and O–H groups in total. The first kappa shape index (κ1) is 20.0. The molecule has 150 valence electrons. The van der Waals surface area contributed by atoms with Crippen molar-refractivity contribution in [3.05, 3.63) is 42.0 Å². The molecule has 0 atom stereocenters. The van der Waals surface area contributed by atoms with Crippen molar-refractivity contribution in [2.75, 3.05) is 30.4 Å². The molecule has 0 aliphatic carbocycles. The number of ether oxygens (including phenoxy) is 2. The molecule has 0 fully saturated rings. The number of hydrogen-bond donors (Lipinski definition) is 1. The third-order valence-electron chi connectivity index (χ3n) is 4.72. The van der Waals surface area contributed by atoms with Crippen molar-refractivity contribution in [2.24, 2.45) is 5.41 Å². The minimum atomic E-state index is -3.80. The van der Waals surface area contributed by atoms with Crippen LogP contribution in [-0.2, 0) is 14.8 Å². The molecular weight excluding hydrogens is 380 g/mol. The minimum Gasteiger partial charge on any atom is -0.496 e. The molecule has 0 unspecified atom stereocenters. The summed E-state index contributed by atoms with van der Waals surface area (Å²) < 4.78 is 39.1. The highest BCUT2D eigenvalue weighted by Gasteiger charge is 2.36. The normalized spacial score (nSPS) is 16.0. The molecule has 1 heterocycles. The van der Waals surface area contributed by atoms with Crippen LogP contribution in [0.25, 0.3) is 0 Å². The van der Waals surface area contributed by atoms with Crippen molar-refractivity contribution >= 4 is 27.3 Å². The Morgan fingerprint density at radius 2 is 1.89 bits per heavy atom. The van der Waals surface area contributed by atoms with Crippen LogP contribution in [0.1, 0.15) is 19.4 Å². The van der Waals surface area contributed by atoms with Crippen molar-refractivity contribution in [1.29, 1.82) is 0 Å². The number of fused-ring (bicyclic) bond motifs is 1. The average Bonchev–Trinajstić information content (AvgIpc) is 2.72. The van der Waals surface area contributed by atoms with Crippen LogP contribution in [0.15, 0.2) is 41.3 Å². The Hall–Kier alpha value is -2.74. The predicted octanol–water partition coefficient (Wildman–Crippen LogP) is 3.19. The van der Waals surface area contributed by atoms with Crippen LogP contribution in [0, 0.1) is 12.3 Å². The number of nitrogens with one attached hydrogen (secondary N) is 1. The molecule has 0 aromatic heterocycles. The molecule has 8 heteroatoms. The van der Waals surface area contributed by atoms with Gasteiger partial charge in [0.25, 0.3) is 10.0 Å². The molecule has 0 spiro atoms. The van der Waals surface area contributed by atoms with Crippen LogP contribution < -0.4 is 19.1 Å². The zero-order valence-electron chi connectivity index (χ0n) is 16.6. The lowest BCUT2D eigenvalue weighted by atomic mass is 9.93. The fourth-order valence-electron chi connectivity index (χ4n) is 3.08. The first-order chi connectivity index (χ1) is 13.0. The number of sulfonamides is 1. The maximum atomic E-state index is 12.8. The van der Waals surface area contributed by atoms with Crippen LogP contribution in [-0.4, -0.2) is 35.1 Å². The van der Waals surface area contributed by atoms with Crippen LogP contribution in [0.4, 0.5) is 11.4 Å². The number of nitrogens with zero attached hydrogens (tertiary/aromatic N) is 1. The number of rotatable bonds is 4. The monoisotopic (exact) mass is 404 g/mol. The molecule has 1 amide bonds. The molecule has 2 aromatic carbocycles. The highest BCUT2D eigenvalue weighted by atomic mass is 32.2. The third-order valence-corrected chi connectivity index (χ3v) is 6.10. The number of carbonyl (C=O) groups is 1. The van der Waals surface area contributed by atoms with Gasteiger partial charge in [-0.2, -0.15) is 0 Å². The molecule has 1 aliphatic heterocycles. The fourth-order valence-corrected chi connectivity index (χ4v) is 4.21. The van der Waals surface area contributed by atoms with E-state index >= 15 is 0 Å². The first-order valence-electron chi connectivity index (χ1n) is 8.77. The lowest BCUT2D eigenvalue weighted by molar-refractivity contribution is -0.127. The second kappa shape index (κ2) is 7.01. The molecule has 28 heavy (non-hydrogen) atoms. The van der Waals surface area contributed by atoms with E-state index in [9.17, 15) is 13.2 Å². The Kier molecular flexibility index (Phi) is 5.01. The van der Waals surface area contributed by atoms with E-state index in [-0.39, 0.29) is 17.4 Å². The van der Waals surface area contributed by atoms with Crippen LogP contribution >= 0.6 is 0 Å². The quantitative estimate of drug-likeness (QED) is 0.846. The summed E-state index contributed by atoms with van der Waals surface area (Å²) in [5.41, 5.74) is 0.902. The van der Waals surface area contributed by atoms with Gasteiger partial charge in [0.1, 0.15) is 18.1 Å². The van der Waals surface area contributed by atoms with Gasteiger partial charge in [-0.3, -0.25) is 9.52 Å². The molecule has 7 nitrogen and oxygen atoms in total. The smallest absolute Gasteiger partial charge is 0.261 e. The van der Waals surface area contributed by atoms with E-state index in [1.54, 1.807) is 44.3 Å². The molecule has 0 saturated heterocycles. The van der Waals surface area contributed by atoms with E-state index in [1.807, 2.05) is 13.8 Å². The molecular formula is C20H24N2O5S. The zero-order valence-corrected chi connectivity index (χ0v) is 17.4. The SMILES string of the molecule is COc1ccc(S(=O)(=O)Nc2ccc3c(c2)N(C)C(=O)C(C)(C)CO3)cc1C. The van der Waals surface area contributed by atoms with Crippen molar-refractivity contribution in [1.82, 2.24) is 0 Å². The Morgan fingerprint density at radius 1 is 1.18 bits per heavy atom. The van der Waals surface area contributed by atoms with Crippen molar-refractivity contribution in [3.63, 3.8) is 0 Å². The van der Waals surface area contributed by atoms with E-state index in [4.69, 9.17) is 9.47 Å². The summed E-state index contributed by atoms with van der Waals surface area (Å²) in [6.45, 7) is 5.65. The van der Waals surface area contributed by atoms with Crippen molar-refractivity contribution in [3.8, 4) is 11.5 Å². The zero-order chi connectivity index (χ0) is 20.7. The third kappa shape index (κ3) is 3.64. The van der Waals surface area contributed by atoms with E-state index in [0.717, 1.165) is 0 Å². The topological polar surface area (TPSA) is 84.9 Å². The Bertz CT molecular complexity index is 1030. The standard InChI is InChI=1S/C20H24N2O5S/c1-13-10-15(7-9-17(13)26-5)28(24,25)21-14-6-8-18-16(11-14)22(4)19(23)20(2,3)12-27-18/h6-11,21H,12H2,1-5H3. The highest BCUT2D eigenvalue weighted by Crippen LogP contribution is 2.37. The van der Waals surface area contributed by atoms with E-state index < -0.39 is 15.4 Å². The number of anilines is 2. The second-order valence-electron chi connectivity index (χ2n) is 7.46. The first-order valence-corrected chi connectivity index (χ1v) is 10.3. The molecule has 2 aromatic rings. The number of amides is 1. The molecule has 0 saturated carbocycles. The molecule has 1 aliphatic rings. The van der Waals surface area contributed by atoms with Crippen LogP contribution in [0.2, 0.25) is 0 Å². The second-order valence-corrected chi connectivity index (χ2v) is 9.14. The van der Waals surface area contributed by atoms with E-state index in [0.29, 0.717) is 28.4 Å². The van der Waals surface area contributed by atoms with Gasteiger partial charge in [0, 0.05) is 7.05 Å². The fraction of sp³-hybridized carbons (Fsp3) is 0.350. The predicted molar refractivity (Wildman–Crippen MR) is 108 cm³/mol. The van der Waals surface area contributed by atoms with Gasteiger partial charge in [-0.05, 0) is 62.7 Å². The maximum absolute atomic E-state index is 12.8.